The SMILES string of the molecule is CC(C)c1ccc(C(N)CNC(=O)c2cc(F)ccc2NS(C)(=O)=O)cc1. The number of sulfonamides is 1. The van der Waals surface area contributed by atoms with Crippen molar-refractivity contribution in [2.24, 2.45) is 5.73 Å². The standard InChI is InChI=1S/C19H24FN3O3S/c1-12(2)13-4-6-14(7-5-13)17(21)11-22-19(24)16-10-15(20)8-9-18(16)23-27(3,25)26/h4-10,12,17,23H,11,21H2,1-3H3,(H,22,24). The lowest BCUT2D eigenvalue weighted by Gasteiger charge is -2.16. The molecule has 8 heteroatoms. The average Bonchev–Trinajstić information content (AvgIpc) is 2.59. The number of carbonyl (C=O) groups is 1. The Morgan fingerprint density at radius 3 is 2.26 bits per heavy atom. The van der Waals surface area contributed by atoms with E-state index in [1.54, 1.807) is 0 Å². The number of anilines is 1. The second-order valence-electron chi connectivity index (χ2n) is 6.70. The fourth-order valence-corrected chi connectivity index (χ4v) is 3.11. The first-order valence-corrected chi connectivity index (χ1v) is 10.4. The van der Waals surface area contributed by atoms with Gasteiger partial charge in [-0.25, -0.2) is 12.8 Å². The Morgan fingerprint density at radius 2 is 1.70 bits per heavy atom. The van der Waals surface area contributed by atoms with Crippen LogP contribution in [-0.4, -0.2) is 27.1 Å². The zero-order valence-corrected chi connectivity index (χ0v) is 16.3. The quantitative estimate of drug-likeness (QED) is 0.673. The summed E-state index contributed by atoms with van der Waals surface area (Å²) >= 11 is 0. The van der Waals surface area contributed by atoms with Crippen LogP contribution >= 0.6 is 0 Å². The molecule has 6 nitrogen and oxygen atoms in total. The molecule has 0 radical (unpaired) electrons. The first-order chi connectivity index (χ1) is 12.6. The minimum Gasteiger partial charge on any atom is -0.350 e. The highest BCUT2D eigenvalue weighted by molar-refractivity contribution is 7.92. The van der Waals surface area contributed by atoms with E-state index < -0.39 is 27.8 Å². The number of halogens is 1. The molecular formula is C19H24FN3O3S. The van der Waals surface area contributed by atoms with Crippen molar-refractivity contribution in [1.29, 1.82) is 0 Å². The van der Waals surface area contributed by atoms with Crippen LogP contribution in [0, 0.1) is 5.82 Å². The minimum absolute atomic E-state index is 0.00579. The average molecular weight is 393 g/mol. The minimum atomic E-state index is -3.61. The van der Waals surface area contributed by atoms with E-state index in [4.69, 9.17) is 5.73 Å². The molecule has 146 valence electrons. The molecule has 0 bridgehead atoms. The van der Waals surface area contributed by atoms with Gasteiger partial charge in [-0.3, -0.25) is 9.52 Å². The van der Waals surface area contributed by atoms with Gasteiger partial charge in [-0.05, 0) is 35.2 Å². The molecule has 4 N–H and O–H groups in total. The van der Waals surface area contributed by atoms with Gasteiger partial charge in [-0.15, -0.1) is 0 Å². The van der Waals surface area contributed by atoms with Crippen LogP contribution in [0.2, 0.25) is 0 Å². The Morgan fingerprint density at radius 1 is 1.11 bits per heavy atom. The molecule has 0 aliphatic rings. The van der Waals surface area contributed by atoms with Crippen LogP contribution in [0.1, 0.15) is 47.3 Å². The Kier molecular flexibility index (Phi) is 6.56. The summed E-state index contributed by atoms with van der Waals surface area (Å²) in [5.41, 5.74) is 8.06. The largest absolute Gasteiger partial charge is 0.350 e. The number of hydrogen-bond donors (Lipinski definition) is 3. The number of carbonyl (C=O) groups excluding carboxylic acids is 1. The molecule has 2 aromatic rings. The third kappa shape index (κ3) is 6.04. The predicted molar refractivity (Wildman–Crippen MR) is 105 cm³/mol. The number of benzene rings is 2. The molecule has 0 spiro atoms. The van der Waals surface area contributed by atoms with Gasteiger partial charge < -0.3 is 11.1 Å². The number of rotatable bonds is 7. The fourth-order valence-electron chi connectivity index (χ4n) is 2.54. The summed E-state index contributed by atoms with van der Waals surface area (Å²) in [5.74, 6) is -0.855. The summed E-state index contributed by atoms with van der Waals surface area (Å²) in [5, 5.41) is 2.62. The predicted octanol–water partition coefficient (Wildman–Crippen LogP) is 2.75. The summed E-state index contributed by atoms with van der Waals surface area (Å²) < 4.78 is 38.6. The van der Waals surface area contributed by atoms with Gasteiger partial charge in [0.2, 0.25) is 10.0 Å². The maximum atomic E-state index is 13.5. The van der Waals surface area contributed by atoms with E-state index in [0.717, 1.165) is 24.0 Å². The number of nitrogens with one attached hydrogen (secondary N) is 2. The number of nitrogens with two attached hydrogens (primary N) is 1. The van der Waals surface area contributed by atoms with Crippen molar-refractivity contribution in [3.8, 4) is 0 Å². The van der Waals surface area contributed by atoms with Crippen molar-refractivity contribution < 1.29 is 17.6 Å². The molecule has 0 aliphatic heterocycles. The number of amides is 1. The second-order valence-corrected chi connectivity index (χ2v) is 8.45. The van der Waals surface area contributed by atoms with Crippen LogP contribution in [0.3, 0.4) is 0 Å². The van der Waals surface area contributed by atoms with E-state index in [-0.39, 0.29) is 17.8 Å². The topological polar surface area (TPSA) is 101 Å². The molecule has 0 aliphatic carbocycles. The van der Waals surface area contributed by atoms with Gasteiger partial charge in [0.05, 0.1) is 17.5 Å². The van der Waals surface area contributed by atoms with E-state index in [2.05, 4.69) is 23.9 Å². The molecule has 1 unspecified atom stereocenters. The van der Waals surface area contributed by atoms with E-state index in [0.29, 0.717) is 5.92 Å². The van der Waals surface area contributed by atoms with Gasteiger partial charge in [0, 0.05) is 12.6 Å². The molecule has 0 heterocycles. The highest BCUT2D eigenvalue weighted by Gasteiger charge is 2.16. The maximum Gasteiger partial charge on any atom is 0.253 e. The van der Waals surface area contributed by atoms with Crippen molar-refractivity contribution in [1.82, 2.24) is 5.32 Å². The fraction of sp³-hybridized carbons (Fsp3) is 0.316. The van der Waals surface area contributed by atoms with Gasteiger partial charge in [0.15, 0.2) is 0 Å². The van der Waals surface area contributed by atoms with Gasteiger partial charge in [0.25, 0.3) is 5.91 Å². The third-order valence-corrected chi connectivity index (χ3v) is 4.63. The van der Waals surface area contributed by atoms with Crippen molar-refractivity contribution >= 4 is 21.6 Å². The Labute approximate surface area is 159 Å². The molecule has 0 aromatic heterocycles. The third-order valence-electron chi connectivity index (χ3n) is 4.04. The lowest BCUT2D eigenvalue weighted by molar-refractivity contribution is 0.0951. The summed E-state index contributed by atoms with van der Waals surface area (Å²) in [7, 11) is -3.61. The van der Waals surface area contributed by atoms with Crippen LogP contribution in [0.5, 0.6) is 0 Å². The van der Waals surface area contributed by atoms with Crippen LogP contribution in [0.25, 0.3) is 0 Å². The Hall–Kier alpha value is -2.45. The highest BCUT2D eigenvalue weighted by atomic mass is 32.2. The zero-order valence-electron chi connectivity index (χ0n) is 15.5. The number of hydrogen-bond acceptors (Lipinski definition) is 4. The lowest BCUT2D eigenvalue weighted by Crippen LogP contribution is -2.32. The monoisotopic (exact) mass is 393 g/mol. The smallest absolute Gasteiger partial charge is 0.253 e. The maximum absolute atomic E-state index is 13.5. The lowest BCUT2D eigenvalue weighted by atomic mass is 9.99. The van der Waals surface area contributed by atoms with E-state index in [1.165, 1.54) is 11.6 Å². The zero-order chi connectivity index (χ0) is 20.2. The molecule has 0 saturated carbocycles. The molecule has 27 heavy (non-hydrogen) atoms. The molecule has 2 aromatic carbocycles. The van der Waals surface area contributed by atoms with Crippen LogP contribution in [0.4, 0.5) is 10.1 Å². The molecule has 1 amide bonds. The highest BCUT2D eigenvalue weighted by Crippen LogP contribution is 2.20. The van der Waals surface area contributed by atoms with Crippen LogP contribution in [0.15, 0.2) is 42.5 Å². The van der Waals surface area contributed by atoms with Crippen molar-refractivity contribution in [3.05, 3.63) is 65.0 Å². The Balaban J connectivity index is 2.10. The van der Waals surface area contributed by atoms with E-state index in [1.807, 2.05) is 24.3 Å². The summed E-state index contributed by atoms with van der Waals surface area (Å²) in [4.78, 5) is 12.4. The van der Waals surface area contributed by atoms with E-state index in [9.17, 15) is 17.6 Å². The van der Waals surface area contributed by atoms with Gasteiger partial charge in [-0.2, -0.15) is 0 Å². The molecule has 2 rings (SSSR count). The van der Waals surface area contributed by atoms with E-state index >= 15 is 0 Å². The van der Waals surface area contributed by atoms with Gasteiger partial charge in [0.1, 0.15) is 5.82 Å². The molecule has 1 atom stereocenters. The second kappa shape index (κ2) is 8.49. The van der Waals surface area contributed by atoms with Gasteiger partial charge in [-0.1, -0.05) is 38.1 Å². The van der Waals surface area contributed by atoms with Crippen LogP contribution < -0.4 is 15.8 Å². The molecular weight excluding hydrogens is 369 g/mol. The van der Waals surface area contributed by atoms with Crippen LogP contribution in [-0.2, 0) is 10.0 Å². The normalized spacial score (nSPS) is 12.7. The molecule has 0 fully saturated rings. The van der Waals surface area contributed by atoms with Gasteiger partial charge >= 0.3 is 0 Å². The summed E-state index contributed by atoms with van der Waals surface area (Å²) in [6, 6.07) is 10.6. The molecule has 0 saturated heterocycles. The van der Waals surface area contributed by atoms with Crippen molar-refractivity contribution in [3.63, 3.8) is 0 Å². The summed E-state index contributed by atoms with van der Waals surface area (Å²) in [6.45, 7) is 4.31. The van der Waals surface area contributed by atoms with Crippen molar-refractivity contribution in [2.45, 2.75) is 25.8 Å². The summed E-state index contributed by atoms with van der Waals surface area (Å²) in [6.07, 6.45) is 0.953. The Bertz CT molecular complexity index is 912. The van der Waals surface area contributed by atoms with Crippen molar-refractivity contribution in [2.75, 3.05) is 17.5 Å². The first-order valence-electron chi connectivity index (χ1n) is 8.48. The first kappa shape index (κ1) is 20.9.